The number of fused-ring (bicyclic) bond motifs is 3. The lowest BCUT2D eigenvalue weighted by molar-refractivity contribution is -0.133. The average molecular weight is 424 g/mol. The number of para-hydroxylation sites is 1. The van der Waals surface area contributed by atoms with Crippen molar-refractivity contribution < 1.29 is 24.5 Å². The molecule has 0 amide bonds. The number of ether oxygens (including phenoxy) is 1. The number of carboxylic acids is 2. The fraction of sp³-hybridized carbons (Fsp3) is 0.417. The van der Waals surface area contributed by atoms with Gasteiger partial charge in [0.25, 0.3) is 0 Å². The first-order valence-corrected chi connectivity index (χ1v) is 10.8. The summed E-state index contributed by atoms with van der Waals surface area (Å²) in [7, 11) is 0. The van der Waals surface area contributed by atoms with Crippen molar-refractivity contribution in [1.82, 2.24) is 9.47 Å². The maximum atomic E-state index is 12.0. The lowest BCUT2D eigenvalue weighted by atomic mass is 9.84. The largest absolute Gasteiger partial charge is 0.481 e. The second-order valence-electron chi connectivity index (χ2n) is 8.31. The van der Waals surface area contributed by atoms with E-state index in [2.05, 4.69) is 11.8 Å². The summed E-state index contributed by atoms with van der Waals surface area (Å²) in [4.78, 5) is 25.7. The van der Waals surface area contributed by atoms with Gasteiger partial charge in [0.05, 0.1) is 17.8 Å². The Morgan fingerprint density at radius 1 is 1.16 bits per heavy atom. The molecule has 2 N–H and O–H groups in total. The second kappa shape index (κ2) is 8.59. The van der Waals surface area contributed by atoms with E-state index in [1.807, 2.05) is 35.0 Å². The predicted molar refractivity (Wildman–Crippen MR) is 116 cm³/mol. The number of nitrogens with zero attached hydrogens (tertiary/aromatic N) is 2. The Hall–Kier alpha value is -3.06. The zero-order chi connectivity index (χ0) is 22.0. The molecule has 1 fully saturated rings. The molecule has 3 heterocycles. The third kappa shape index (κ3) is 4.10. The summed E-state index contributed by atoms with van der Waals surface area (Å²) in [6.07, 6.45) is 6.33. The average Bonchev–Trinajstić information content (AvgIpc) is 3.11. The van der Waals surface area contributed by atoms with E-state index >= 15 is 0 Å². The number of carboxylic acid groups (broad SMARTS) is 2. The molecular weight excluding hydrogens is 396 g/mol. The third-order valence-electron chi connectivity index (χ3n) is 6.29. The summed E-state index contributed by atoms with van der Waals surface area (Å²) in [6, 6.07) is 9.58. The Bertz CT molecular complexity index is 1010. The number of benzene rings is 1. The minimum atomic E-state index is -1.28. The highest BCUT2D eigenvalue weighted by atomic mass is 16.5. The van der Waals surface area contributed by atoms with Gasteiger partial charge in [-0.3, -0.25) is 0 Å². The number of aromatic nitrogens is 1. The molecule has 0 radical (unpaired) electrons. The molecule has 7 nitrogen and oxygen atoms in total. The molecule has 2 aromatic rings. The zero-order valence-corrected chi connectivity index (χ0v) is 17.7. The van der Waals surface area contributed by atoms with Gasteiger partial charge in [-0.2, -0.15) is 0 Å². The van der Waals surface area contributed by atoms with Crippen LogP contribution in [0.2, 0.25) is 0 Å². The van der Waals surface area contributed by atoms with Crippen molar-refractivity contribution in [3.8, 4) is 5.75 Å². The van der Waals surface area contributed by atoms with E-state index in [0.717, 1.165) is 55.6 Å². The molecule has 4 rings (SSSR count). The van der Waals surface area contributed by atoms with Crippen LogP contribution in [0.1, 0.15) is 49.4 Å². The number of carbonyl (C=O) groups is 2. The summed E-state index contributed by atoms with van der Waals surface area (Å²) < 4.78 is 8.71. The Morgan fingerprint density at radius 2 is 1.90 bits per heavy atom. The number of likely N-dealkylation sites (tertiary alicyclic amines) is 1. The van der Waals surface area contributed by atoms with Gasteiger partial charge in [-0.25, -0.2) is 9.59 Å². The third-order valence-corrected chi connectivity index (χ3v) is 6.29. The van der Waals surface area contributed by atoms with Crippen LogP contribution in [0.15, 0.2) is 42.6 Å². The zero-order valence-electron chi connectivity index (χ0n) is 17.7. The first-order chi connectivity index (χ1) is 14.9. The Labute approximate surface area is 181 Å². The van der Waals surface area contributed by atoms with E-state index < -0.39 is 17.5 Å². The van der Waals surface area contributed by atoms with E-state index in [4.69, 9.17) is 4.74 Å². The SMILES string of the molecule is CCCCN1CCC2(CC1)Oc1ccccc1Cn1ccc(/C(=C/C(=O)O)C(=O)O)c12. The first-order valence-electron chi connectivity index (χ1n) is 10.8. The number of piperidine rings is 1. The van der Waals surface area contributed by atoms with Crippen LogP contribution in [0, 0.1) is 0 Å². The highest BCUT2D eigenvalue weighted by molar-refractivity contribution is 6.19. The quantitative estimate of drug-likeness (QED) is 0.689. The molecule has 2 aliphatic rings. The molecular formula is C24H28N2O5. The summed E-state index contributed by atoms with van der Waals surface area (Å²) in [5.74, 6) is -1.73. The normalized spacial score (nSPS) is 18.0. The number of aliphatic carboxylic acids is 2. The monoisotopic (exact) mass is 424 g/mol. The van der Waals surface area contributed by atoms with Gasteiger partial charge in [0.15, 0.2) is 5.60 Å². The minimum absolute atomic E-state index is 0.219. The predicted octanol–water partition coefficient (Wildman–Crippen LogP) is 3.57. The van der Waals surface area contributed by atoms with Crippen molar-refractivity contribution in [2.45, 2.75) is 44.8 Å². The maximum Gasteiger partial charge on any atom is 0.336 e. The van der Waals surface area contributed by atoms with Gasteiger partial charge < -0.3 is 24.4 Å². The van der Waals surface area contributed by atoms with Gasteiger partial charge in [0.1, 0.15) is 5.75 Å². The van der Waals surface area contributed by atoms with Gasteiger partial charge in [0.2, 0.25) is 0 Å². The van der Waals surface area contributed by atoms with Gasteiger partial charge in [0, 0.05) is 49.3 Å². The molecule has 1 aromatic carbocycles. The van der Waals surface area contributed by atoms with E-state index in [-0.39, 0.29) is 5.57 Å². The van der Waals surface area contributed by atoms with E-state index in [0.29, 0.717) is 24.9 Å². The number of hydrogen-bond acceptors (Lipinski definition) is 4. The van der Waals surface area contributed by atoms with Crippen molar-refractivity contribution in [1.29, 1.82) is 0 Å². The van der Waals surface area contributed by atoms with Crippen LogP contribution >= 0.6 is 0 Å². The summed E-state index contributed by atoms with van der Waals surface area (Å²) >= 11 is 0. The Kier molecular flexibility index (Phi) is 5.87. The van der Waals surface area contributed by atoms with Crippen LogP contribution in [0.5, 0.6) is 5.75 Å². The Morgan fingerprint density at radius 3 is 2.58 bits per heavy atom. The topological polar surface area (TPSA) is 92.0 Å². The fourth-order valence-corrected chi connectivity index (χ4v) is 4.74. The van der Waals surface area contributed by atoms with Crippen molar-refractivity contribution in [2.24, 2.45) is 0 Å². The molecule has 2 aliphatic heterocycles. The van der Waals surface area contributed by atoms with Crippen molar-refractivity contribution in [3.63, 3.8) is 0 Å². The van der Waals surface area contributed by atoms with Gasteiger partial charge in [-0.1, -0.05) is 31.5 Å². The van der Waals surface area contributed by atoms with E-state index in [1.54, 1.807) is 6.07 Å². The number of hydrogen-bond donors (Lipinski definition) is 2. The van der Waals surface area contributed by atoms with E-state index in [9.17, 15) is 19.8 Å². The molecule has 0 unspecified atom stereocenters. The molecule has 7 heteroatoms. The standard InChI is InChI=1S/C24H28N2O5/c1-2-3-11-25-13-9-24(10-14-25)22-18(19(23(29)30)15-21(27)28)8-12-26(22)16-17-6-4-5-7-20(17)31-24/h4-8,12,15H,2-3,9-11,13-14,16H2,1H3,(H,27,28)(H,29,30)/b19-15-. The van der Waals surface area contributed by atoms with Crippen LogP contribution in [-0.4, -0.2) is 51.3 Å². The second-order valence-corrected chi connectivity index (χ2v) is 8.31. The van der Waals surface area contributed by atoms with E-state index in [1.165, 1.54) is 0 Å². The Balaban J connectivity index is 1.81. The maximum absolute atomic E-state index is 12.0. The van der Waals surface area contributed by atoms with Crippen molar-refractivity contribution in [2.75, 3.05) is 19.6 Å². The molecule has 0 bridgehead atoms. The van der Waals surface area contributed by atoms with Crippen LogP contribution in [-0.2, 0) is 21.7 Å². The molecule has 31 heavy (non-hydrogen) atoms. The molecule has 1 saturated heterocycles. The van der Waals surface area contributed by atoms with Crippen LogP contribution in [0.25, 0.3) is 5.57 Å². The van der Waals surface area contributed by atoms with Crippen molar-refractivity contribution in [3.05, 3.63) is 59.4 Å². The molecule has 0 saturated carbocycles. The lowest BCUT2D eigenvalue weighted by Crippen LogP contribution is -2.47. The first kappa shape index (κ1) is 21.2. The van der Waals surface area contributed by atoms with Crippen LogP contribution in [0.4, 0.5) is 0 Å². The summed E-state index contributed by atoms with van der Waals surface area (Å²) in [6.45, 7) is 5.46. The van der Waals surface area contributed by atoms with Crippen LogP contribution < -0.4 is 4.74 Å². The van der Waals surface area contributed by atoms with Gasteiger partial charge in [-0.15, -0.1) is 0 Å². The highest BCUT2D eigenvalue weighted by Gasteiger charge is 2.45. The summed E-state index contributed by atoms with van der Waals surface area (Å²) in [5.41, 5.74) is 1.28. The highest BCUT2D eigenvalue weighted by Crippen LogP contribution is 2.45. The molecule has 0 aliphatic carbocycles. The molecule has 1 aromatic heterocycles. The fourth-order valence-electron chi connectivity index (χ4n) is 4.74. The summed E-state index contributed by atoms with van der Waals surface area (Å²) in [5, 5.41) is 19.0. The minimum Gasteiger partial charge on any atom is -0.481 e. The molecule has 164 valence electrons. The molecule has 1 spiro atoms. The lowest BCUT2D eigenvalue weighted by Gasteiger charge is -2.42. The van der Waals surface area contributed by atoms with Gasteiger partial charge in [-0.05, 0) is 25.1 Å². The molecule has 0 atom stereocenters. The smallest absolute Gasteiger partial charge is 0.336 e. The van der Waals surface area contributed by atoms with Crippen LogP contribution in [0.3, 0.4) is 0 Å². The number of unbranched alkanes of at least 4 members (excludes halogenated alkanes) is 1. The van der Waals surface area contributed by atoms with Crippen molar-refractivity contribution >= 4 is 17.5 Å². The van der Waals surface area contributed by atoms with Gasteiger partial charge >= 0.3 is 11.9 Å². The number of rotatable bonds is 6.